The summed E-state index contributed by atoms with van der Waals surface area (Å²) < 4.78 is 10.6. The zero-order chi connectivity index (χ0) is 21.6. The van der Waals surface area contributed by atoms with Gasteiger partial charge in [-0.05, 0) is 60.7 Å². The van der Waals surface area contributed by atoms with Crippen LogP contribution in [0.4, 0.5) is 0 Å². The molecule has 0 N–H and O–H groups in total. The van der Waals surface area contributed by atoms with E-state index in [2.05, 4.69) is 13.8 Å². The number of carbonyl (C=O) groups excluding carboxylic acids is 2. The van der Waals surface area contributed by atoms with E-state index < -0.39 is 5.97 Å². The molecule has 0 amide bonds. The summed E-state index contributed by atoms with van der Waals surface area (Å²) in [5, 5.41) is 0. The molecule has 0 aliphatic rings. The van der Waals surface area contributed by atoms with E-state index in [9.17, 15) is 9.59 Å². The molecule has 4 heteroatoms. The van der Waals surface area contributed by atoms with Crippen LogP contribution < -0.4 is 4.74 Å². The van der Waals surface area contributed by atoms with Gasteiger partial charge in [0.25, 0.3) is 0 Å². The molecule has 0 aromatic heterocycles. The second-order valence-corrected chi connectivity index (χ2v) is 7.32. The second-order valence-electron chi connectivity index (χ2n) is 7.32. The van der Waals surface area contributed by atoms with Crippen LogP contribution in [0.25, 0.3) is 6.08 Å². The molecular formula is C26H32O4. The Morgan fingerprint density at radius 2 is 1.50 bits per heavy atom. The molecule has 0 heterocycles. The van der Waals surface area contributed by atoms with Crippen LogP contribution in [-0.4, -0.2) is 18.5 Å². The fraction of sp³-hybridized carbons (Fsp3) is 0.385. The molecule has 0 radical (unpaired) electrons. The smallest absolute Gasteiger partial charge is 0.338 e. The van der Waals surface area contributed by atoms with Gasteiger partial charge in [0.1, 0.15) is 5.75 Å². The molecule has 2 rings (SSSR count). The number of carbonyl (C=O) groups is 2. The molecule has 2 aromatic rings. The van der Waals surface area contributed by atoms with E-state index in [4.69, 9.17) is 9.47 Å². The molecule has 0 spiro atoms. The third-order valence-electron chi connectivity index (χ3n) is 4.75. The van der Waals surface area contributed by atoms with E-state index in [0.717, 1.165) is 31.2 Å². The van der Waals surface area contributed by atoms with Crippen molar-refractivity contribution in [1.82, 2.24) is 0 Å². The summed E-state index contributed by atoms with van der Waals surface area (Å²) in [6.45, 7) is 4.74. The standard InChI is InChI=1S/C26H32O4/c1-3-5-7-9-21-12-17-24(18-13-21)30-25(27)19-14-22-10-15-23(16-11-22)26(28)29-20-8-6-4-2/h10-19H,3-9,20H2,1-2H3. The van der Waals surface area contributed by atoms with Crippen molar-refractivity contribution in [2.75, 3.05) is 6.61 Å². The molecule has 0 fully saturated rings. The maximum atomic E-state index is 12.0. The fourth-order valence-corrected chi connectivity index (χ4v) is 2.95. The normalized spacial score (nSPS) is 10.9. The van der Waals surface area contributed by atoms with Gasteiger partial charge in [-0.15, -0.1) is 0 Å². The van der Waals surface area contributed by atoms with Crippen LogP contribution in [0.3, 0.4) is 0 Å². The van der Waals surface area contributed by atoms with E-state index in [0.29, 0.717) is 17.9 Å². The van der Waals surface area contributed by atoms with Crippen LogP contribution in [0, 0.1) is 0 Å². The monoisotopic (exact) mass is 408 g/mol. The average molecular weight is 409 g/mol. The fourth-order valence-electron chi connectivity index (χ4n) is 2.95. The van der Waals surface area contributed by atoms with Gasteiger partial charge in [-0.1, -0.05) is 63.8 Å². The lowest BCUT2D eigenvalue weighted by Gasteiger charge is -2.05. The summed E-state index contributed by atoms with van der Waals surface area (Å²) in [4.78, 5) is 24.0. The van der Waals surface area contributed by atoms with Gasteiger partial charge in [0, 0.05) is 6.08 Å². The Morgan fingerprint density at radius 3 is 2.17 bits per heavy atom. The van der Waals surface area contributed by atoms with E-state index in [1.54, 1.807) is 30.3 Å². The van der Waals surface area contributed by atoms with Crippen LogP contribution in [0.2, 0.25) is 0 Å². The van der Waals surface area contributed by atoms with Crippen molar-refractivity contribution in [2.24, 2.45) is 0 Å². The predicted molar refractivity (Wildman–Crippen MR) is 121 cm³/mol. The van der Waals surface area contributed by atoms with Gasteiger partial charge in [0.05, 0.1) is 12.2 Å². The van der Waals surface area contributed by atoms with E-state index in [1.807, 2.05) is 24.3 Å². The Balaban J connectivity index is 1.80. The van der Waals surface area contributed by atoms with Crippen molar-refractivity contribution in [3.8, 4) is 5.75 Å². The lowest BCUT2D eigenvalue weighted by molar-refractivity contribution is -0.128. The number of hydrogen-bond donors (Lipinski definition) is 0. The highest BCUT2D eigenvalue weighted by Crippen LogP contribution is 2.15. The van der Waals surface area contributed by atoms with Gasteiger partial charge in [0.2, 0.25) is 0 Å². The zero-order valence-electron chi connectivity index (χ0n) is 18.1. The van der Waals surface area contributed by atoms with Crippen molar-refractivity contribution in [3.63, 3.8) is 0 Å². The molecule has 0 bridgehead atoms. The Bertz CT molecular complexity index is 804. The zero-order valence-corrected chi connectivity index (χ0v) is 18.1. The van der Waals surface area contributed by atoms with Gasteiger partial charge < -0.3 is 9.47 Å². The quantitative estimate of drug-likeness (QED) is 0.177. The van der Waals surface area contributed by atoms with Crippen molar-refractivity contribution in [2.45, 2.75) is 58.8 Å². The molecule has 0 unspecified atom stereocenters. The lowest BCUT2D eigenvalue weighted by atomic mass is 10.1. The third kappa shape index (κ3) is 8.64. The van der Waals surface area contributed by atoms with Crippen molar-refractivity contribution >= 4 is 18.0 Å². The maximum Gasteiger partial charge on any atom is 0.338 e. The average Bonchev–Trinajstić information content (AvgIpc) is 2.77. The Morgan fingerprint density at radius 1 is 0.833 bits per heavy atom. The van der Waals surface area contributed by atoms with Gasteiger partial charge in [-0.25, -0.2) is 9.59 Å². The van der Waals surface area contributed by atoms with Crippen LogP contribution in [0.15, 0.2) is 54.6 Å². The number of rotatable bonds is 12. The summed E-state index contributed by atoms with van der Waals surface area (Å²) >= 11 is 0. The number of aryl methyl sites for hydroxylation is 1. The largest absolute Gasteiger partial charge is 0.462 e. The molecular weight excluding hydrogens is 376 g/mol. The molecule has 0 saturated carbocycles. The van der Waals surface area contributed by atoms with E-state index >= 15 is 0 Å². The summed E-state index contributed by atoms with van der Waals surface area (Å²) in [6, 6.07) is 14.6. The first kappa shape index (κ1) is 23.4. The molecule has 2 aromatic carbocycles. The summed E-state index contributed by atoms with van der Waals surface area (Å²) in [5.74, 6) is -0.225. The Kier molecular flexibility index (Phi) is 10.4. The topological polar surface area (TPSA) is 52.6 Å². The molecule has 0 aliphatic heterocycles. The van der Waals surface area contributed by atoms with Crippen molar-refractivity contribution in [3.05, 3.63) is 71.3 Å². The van der Waals surface area contributed by atoms with E-state index in [1.165, 1.54) is 30.9 Å². The highest BCUT2D eigenvalue weighted by molar-refractivity contribution is 5.91. The van der Waals surface area contributed by atoms with Gasteiger partial charge >= 0.3 is 11.9 Å². The number of unbranched alkanes of at least 4 members (excludes halogenated alkanes) is 4. The molecule has 160 valence electrons. The number of benzene rings is 2. The number of esters is 2. The van der Waals surface area contributed by atoms with E-state index in [-0.39, 0.29) is 5.97 Å². The SMILES string of the molecule is CCCCCOC(=O)c1ccc(C=CC(=O)Oc2ccc(CCCCC)cc2)cc1. The summed E-state index contributed by atoms with van der Waals surface area (Å²) in [7, 11) is 0. The number of ether oxygens (including phenoxy) is 2. The first-order valence-corrected chi connectivity index (χ1v) is 10.9. The highest BCUT2D eigenvalue weighted by atomic mass is 16.5. The van der Waals surface area contributed by atoms with Crippen LogP contribution in [-0.2, 0) is 16.0 Å². The minimum atomic E-state index is -0.437. The summed E-state index contributed by atoms with van der Waals surface area (Å²) in [6.07, 6.45) is 10.7. The van der Waals surface area contributed by atoms with Gasteiger partial charge in [-0.2, -0.15) is 0 Å². The molecule has 0 aliphatic carbocycles. The Hall–Kier alpha value is -2.88. The predicted octanol–water partition coefficient (Wildman–Crippen LogP) is 6.39. The minimum absolute atomic E-state index is 0.320. The van der Waals surface area contributed by atoms with Crippen LogP contribution >= 0.6 is 0 Å². The van der Waals surface area contributed by atoms with Crippen molar-refractivity contribution < 1.29 is 19.1 Å². The van der Waals surface area contributed by atoms with Crippen LogP contribution in [0.1, 0.15) is 73.9 Å². The maximum absolute atomic E-state index is 12.0. The molecule has 0 atom stereocenters. The summed E-state index contributed by atoms with van der Waals surface area (Å²) in [5.41, 5.74) is 2.56. The number of hydrogen-bond acceptors (Lipinski definition) is 4. The van der Waals surface area contributed by atoms with Gasteiger partial charge in [0.15, 0.2) is 0 Å². The second kappa shape index (κ2) is 13.4. The highest BCUT2D eigenvalue weighted by Gasteiger charge is 2.06. The molecule has 30 heavy (non-hydrogen) atoms. The first-order chi connectivity index (χ1) is 14.6. The first-order valence-electron chi connectivity index (χ1n) is 10.9. The molecule has 0 saturated heterocycles. The Labute approximate surface area is 179 Å². The van der Waals surface area contributed by atoms with Crippen LogP contribution in [0.5, 0.6) is 5.75 Å². The molecule has 4 nitrogen and oxygen atoms in total. The van der Waals surface area contributed by atoms with Gasteiger partial charge in [-0.3, -0.25) is 0 Å². The minimum Gasteiger partial charge on any atom is -0.462 e. The third-order valence-corrected chi connectivity index (χ3v) is 4.75. The van der Waals surface area contributed by atoms with Crippen molar-refractivity contribution in [1.29, 1.82) is 0 Å². The lowest BCUT2D eigenvalue weighted by Crippen LogP contribution is -2.06.